The van der Waals surface area contributed by atoms with Crippen molar-refractivity contribution in [3.63, 3.8) is 0 Å². The lowest BCUT2D eigenvalue weighted by molar-refractivity contribution is -0.141. The second kappa shape index (κ2) is 11.2. The molecule has 0 aliphatic heterocycles. The first-order valence-corrected chi connectivity index (χ1v) is 12.1. The summed E-state index contributed by atoms with van der Waals surface area (Å²) in [4.78, 5) is 21.4. The molecule has 4 N–H and O–H groups in total. The van der Waals surface area contributed by atoms with E-state index >= 15 is 0 Å². The van der Waals surface area contributed by atoms with Crippen molar-refractivity contribution < 1.29 is 33.3 Å². The minimum absolute atomic E-state index is 0.124. The summed E-state index contributed by atoms with van der Waals surface area (Å²) in [5, 5.41) is 28.7. The largest absolute Gasteiger partial charge is 0.503 e. The molecule has 1 aromatic carbocycles. The maximum Gasteiger partial charge on any atom is 0.503 e. The SMILES string of the molecule is Cc1cc(Nc2nccc(C(F)(F)F)n2)cc(-c2cnc(C(C)(O)C3CCCCC3)s2)c1.O=C(O)O. The molecule has 0 bridgehead atoms. The van der Waals surface area contributed by atoms with E-state index in [1.54, 1.807) is 6.20 Å². The Kier molecular flexibility index (Phi) is 8.51. The second-order valence-corrected chi connectivity index (χ2v) is 9.80. The number of carbonyl (C=O) groups is 1. The van der Waals surface area contributed by atoms with Crippen LogP contribution in [0.5, 0.6) is 0 Å². The van der Waals surface area contributed by atoms with Crippen molar-refractivity contribution in [1.29, 1.82) is 0 Å². The van der Waals surface area contributed by atoms with Crippen molar-refractivity contribution in [2.75, 3.05) is 5.32 Å². The number of hydrogen-bond donors (Lipinski definition) is 4. The molecule has 0 spiro atoms. The summed E-state index contributed by atoms with van der Waals surface area (Å²) in [5.41, 5.74) is 0.391. The van der Waals surface area contributed by atoms with E-state index in [1.807, 2.05) is 32.0 Å². The van der Waals surface area contributed by atoms with Gasteiger partial charge in [-0.05, 0) is 61.9 Å². The number of thiazole rings is 1. The Hall–Kier alpha value is -3.25. The number of nitrogens with one attached hydrogen (secondary N) is 1. The molecule has 12 heteroatoms. The van der Waals surface area contributed by atoms with Crippen LogP contribution in [0.4, 0.5) is 29.6 Å². The summed E-state index contributed by atoms with van der Waals surface area (Å²) in [6.45, 7) is 3.75. The first-order valence-electron chi connectivity index (χ1n) is 11.3. The van der Waals surface area contributed by atoms with Gasteiger partial charge >= 0.3 is 12.3 Å². The number of alkyl halides is 3. The summed E-state index contributed by atoms with van der Waals surface area (Å²) in [6.07, 6.45) is 1.92. The molecule has 1 fully saturated rings. The fourth-order valence-electron chi connectivity index (χ4n) is 4.18. The highest BCUT2D eigenvalue weighted by atomic mass is 32.1. The molecule has 0 amide bonds. The molecule has 8 nitrogen and oxygen atoms in total. The van der Waals surface area contributed by atoms with E-state index in [1.165, 1.54) is 17.8 Å². The van der Waals surface area contributed by atoms with Gasteiger partial charge in [0.25, 0.3) is 0 Å². The summed E-state index contributed by atoms with van der Waals surface area (Å²) in [5.74, 6) is 0.0737. The number of anilines is 2. The molecule has 2 heterocycles. The lowest BCUT2D eigenvalue weighted by Crippen LogP contribution is -2.33. The van der Waals surface area contributed by atoms with Crippen LogP contribution in [0.25, 0.3) is 10.4 Å². The Morgan fingerprint density at radius 3 is 2.42 bits per heavy atom. The Bertz CT molecular complexity index is 1190. The van der Waals surface area contributed by atoms with Crippen molar-refractivity contribution in [3.05, 3.63) is 52.9 Å². The molecular formula is C24H27F3N4O4S. The number of nitrogens with zero attached hydrogens (tertiary/aromatic N) is 3. The number of aliphatic hydroxyl groups is 1. The Morgan fingerprint density at radius 1 is 1.11 bits per heavy atom. The molecule has 1 aliphatic rings. The zero-order chi connectivity index (χ0) is 26.5. The van der Waals surface area contributed by atoms with Crippen molar-refractivity contribution in [1.82, 2.24) is 15.0 Å². The van der Waals surface area contributed by atoms with Crippen molar-refractivity contribution in [2.24, 2.45) is 5.92 Å². The van der Waals surface area contributed by atoms with Gasteiger partial charge in [-0.2, -0.15) is 13.2 Å². The van der Waals surface area contributed by atoms with Crippen LogP contribution >= 0.6 is 11.3 Å². The lowest BCUT2D eigenvalue weighted by atomic mass is 9.78. The average molecular weight is 525 g/mol. The second-order valence-electron chi connectivity index (χ2n) is 8.77. The van der Waals surface area contributed by atoms with E-state index in [0.717, 1.165) is 54.0 Å². The molecule has 1 saturated carbocycles. The van der Waals surface area contributed by atoms with E-state index in [4.69, 9.17) is 15.0 Å². The van der Waals surface area contributed by atoms with Gasteiger partial charge in [0.1, 0.15) is 16.3 Å². The average Bonchev–Trinajstić information content (AvgIpc) is 3.30. The van der Waals surface area contributed by atoms with Gasteiger partial charge in [0.2, 0.25) is 5.95 Å². The van der Waals surface area contributed by atoms with Crippen LogP contribution in [0.1, 0.15) is 55.3 Å². The number of hydrogen-bond acceptors (Lipinski definition) is 7. The quantitative estimate of drug-likeness (QED) is 0.291. The Morgan fingerprint density at radius 2 is 1.78 bits per heavy atom. The molecule has 36 heavy (non-hydrogen) atoms. The number of aryl methyl sites for hydroxylation is 1. The van der Waals surface area contributed by atoms with Crippen LogP contribution in [-0.4, -0.2) is 36.4 Å². The minimum Gasteiger partial charge on any atom is -0.450 e. The third-order valence-corrected chi connectivity index (χ3v) is 7.18. The molecule has 4 rings (SSSR count). The highest BCUT2D eigenvalue weighted by molar-refractivity contribution is 7.15. The lowest BCUT2D eigenvalue weighted by Gasteiger charge is -2.33. The van der Waals surface area contributed by atoms with E-state index in [2.05, 4.69) is 20.3 Å². The van der Waals surface area contributed by atoms with E-state index in [0.29, 0.717) is 10.7 Å². The molecule has 3 aromatic rings. The predicted molar refractivity (Wildman–Crippen MR) is 129 cm³/mol. The standard InChI is InChI=1S/C23H25F3N4OS.CH2O3/c1-14-10-15(12-17(11-14)29-21-27-9-8-19(30-21)23(24,25)26)18-13-28-20(32-18)22(2,31)16-6-4-3-5-7-16;2-1(3)4/h8-13,16,31H,3-7H2,1-2H3,(H,27,29,30);(H2,2,3,4). The monoisotopic (exact) mass is 524 g/mol. The molecule has 194 valence electrons. The Labute approximate surface area is 209 Å². The fourth-order valence-corrected chi connectivity index (χ4v) is 5.21. The highest BCUT2D eigenvalue weighted by Crippen LogP contribution is 2.42. The number of aromatic nitrogens is 3. The number of benzene rings is 1. The smallest absolute Gasteiger partial charge is 0.450 e. The third-order valence-electron chi connectivity index (χ3n) is 5.90. The normalized spacial score (nSPS) is 15.9. The van der Waals surface area contributed by atoms with Gasteiger partial charge in [0.15, 0.2) is 0 Å². The summed E-state index contributed by atoms with van der Waals surface area (Å²) in [7, 11) is 0. The third kappa shape index (κ3) is 7.14. The number of rotatable bonds is 5. The van der Waals surface area contributed by atoms with Crippen LogP contribution in [-0.2, 0) is 11.8 Å². The van der Waals surface area contributed by atoms with Gasteiger partial charge in [0, 0.05) is 18.1 Å². The van der Waals surface area contributed by atoms with Crippen molar-refractivity contribution in [2.45, 2.75) is 57.7 Å². The molecule has 0 saturated heterocycles. The molecular weight excluding hydrogens is 497 g/mol. The van der Waals surface area contributed by atoms with Crippen LogP contribution in [0.2, 0.25) is 0 Å². The van der Waals surface area contributed by atoms with E-state index in [9.17, 15) is 18.3 Å². The van der Waals surface area contributed by atoms with Crippen LogP contribution in [0.15, 0.2) is 36.7 Å². The van der Waals surface area contributed by atoms with Gasteiger partial charge in [-0.25, -0.2) is 19.7 Å². The van der Waals surface area contributed by atoms with Crippen molar-refractivity contribution in [3.8, 4) is 10.4 Å². The topological polar surface area (TPSA) is 128 Å². The number of halogens is 3. The van der Waals surface area contributed by atoms with Gasteiger partial charge in [0.05, 0.1) is 4.88 Å². The maximum absolute atomic E-state index is 12.9. The molecule has 0 radical (unpaired) electrons. The van der Waals surface area contributed by atoms with Crippen LogP contribution in [0, 0.1) is 12.8 Å². The first kappa shape index (κ1) is 27.3. The van der Waals surface area contributed by atoms with Gasteiger partial charge in [-0.15, -0.1) is 11.3 Å². The summed E-state index contributed by atoms with van der Waals surface area (Å²) < 4.78 is 38.8. The van der Waals surface area contributed by atoms with Crippen LogP contribution in [0.3, 0.4) is 0 Å². The van der Waals surface area contributed by atoms with E-state index in [-0.39, 0.29) is 11.9 Å². The molecule has 1 aliphatic carbocycles. The molecule has 1 unspecified atom stereocenters. The Balaban J connectivity index is 0.000000840. The predicted octanol–water partition coefficient (Wildman–Crippen LogP) is 6.68. The van der Waals surface area contributed by atoms with Gasteiger partial charge < -0.3 is 20.6 Å². The minimum atomic E-state index is -4.54. The van der Waals surface area contributed by atoms with Crippen LogP contribution < -0.4 is 5.32 Å². The van der Waals surface area contributed by atoms with E-state index < -0.39 is 23.6 Å². The van der Waals surface area contributed by atoms with Crippen molar-refractivity contribution >= 4 is 29.1 Å². The summed E-state index contributed by atoms with van der Waals surface area (Å²) >= 11 is 1.45. The van der Waals surface area contributed by atoms with Gasteiger partial charge in [-0.1, -0.05) is 25.3 Å². The molecule has 1 atom stereocenters. The fraction of sp³-hybridized carbons (Fsp3) is 0.417. The highest BCUT2D eigenvalue weighted by Gasteiger charge is 2.37. The zero-order valence-corrected chi connectivity index (χ0v) is 20.5. The summed E-state index contributed by atoms with van der Waals surface area (Å²) in [6, 6.07) is 6.45. The zero-order valence-electron chi connectivity index (χ0n) is 19.7. The molecule has 2 aromatic heterocycles. The van der Waals surface area contributed by atoms with Gasteiger partial charge in [-0.3, -0.25) is 0 Å². The maximum atomic E-state index is 12.9. The number of carboxylic acid groups (broad SMARTS) is 2. The first-order chi connectivity index (χ1) is 16.9.